The minimum atomic E-state index is -0.228. The summed E-state index contributed by atoms with van der Waals surface area (Å²) in [5.41, 5.74) is 12.2. The van der Waals surface area contributed by atoms with Crippen LogP contribution in [0.2, 0.25) is 0 Å². The summed E-state index contributed by atoms with van der Waals surface area (Å²) in [6.07, 6.45) is 4.32. The van der Waals surface area contributed by atoms with Gasteiger partial charge in [0.2, 0.25) is 0 Å². The smallest absolute Gasteiger partial charge is 0.147 e. The number of hydrogen-bond acceptors (Lipinski definition) is 4. The Morgan fingerprint density at radius 3 is 2.77 bits per heavy atom. The zero-order valence-electron chi connectivity index (χ0n) is 19.8. The molecule has 3 aromatic carbocycles. The summed E-state index contributed by atoms with van der Waals surface area (Å²) in [5.74, 6) is 0.344. The standard InChI is InChI=1S/C29H27FN4S/c1-4-32-24-16-25(22-11-7-9-19-8-5-6-10-21(19)22)35-28(24)29(31)33-15-14-20-18(3)34-27-23(30)13-12-17(2)26(20)27/h4-13,16,33-34H,1,14-15,31H2,2-3H3/b29-28-,32-24-. The van der Waals surface area contributed by atoms with E-state index in [1.807, 2.05) is 26.0 Å². The number of aryl methyl sites for hydroxylation is 2. The van der Waals surface area contributed by atoms with E-state index in [-0.39, 0.29) is 5.82 Å². The number of thioether (sulfide) groups is 1. The van der Waals surface area contributed by atoms with E-state index in [1.54, 1.807) is 18.0 Å². The third-order valence-corrected chi connectivity index (χ3v) is 7.55. The molecule has 0 saturated carbocycles. The fraction of sp³-hybridized carbons (Fsp3) is 0.138. The highest BCUT2D eigenvalue weighted by Crippen LogP contribution is 2.43. The maximum Gasteiger partial charge on any atom is 0.147 e. The summed E-state index contributed by atoms with van der Waals surface area (Å²) in [5, 5.41) is 6.71. The number of nitrogens with two attached hydrogens (primary N) is 1. The Labute approximate surface area is 208 Å². The monoisotopic (exact) mass is 482 g/mol. The van der Waals surface area contributed by atoms with Gasteiger partial charge in [0.1, 0.15) is 11.6 Å². The van der Waals surface area contributed by atoms with Crippen LogP contribution in [0, 0.1) is 19.7 Å². The Morgan fingerprint density at radius 1 is 1.14 bits per heavy atom. The molecule has 5 rings (SSSR count). The molecule has 176 valence electrons. The lowest BCUT2D eigenvalue weighted by molar-refractivity contribution is 0.637. The van der Waals surface area contributed by atoms with E-state index in [0.717, 1.165) is 43.3 Å². The predicted octanol–water partition coefficient (Wildman–Crippen LogP) is 6.71. The van der Waals surface area contributed by atoms with E-state index in [1.165, 1.54) is 16.8 Å². The largest absolute Gasteiger partial charge is 0.385 e. The molecule has 4 N–H and O–H groups in total. The van der Waals surface area contributed by atoms with Crippen LogP contribution in [0.5, 0.6) is 0 Å². The molecule has 0 spiro atoms. The molecule has 0 amide bonds. The van der Waals surface area contributed by atoms with Gasteiger partial charge in [0.25, 0.3) is 0 Å². The SMILES string of the molecule is C=C/N=C1/C=C(c2cccc3ccccc23)S/C1=C(/N)NCCc1c(C)[nH]c2c(F)ccc(C)c12. The fourth-order valence-electron chi connectivity index (χ4n) is 4.70. The number of benzene rings is 3. The van der Waals surface area contributed by atoms with Crippen molar-refractivity contribution in [3.05, 3.63) is 112 Å². The first kappa shape index (κ1) is 23.0. The van der Waals surface area contributed by atoms with E-state index < -0.39 is 0 Å². The Kier molecular flexibility index (Phi) is 6.22. The first-order valence-electron chi connectivity index (χ1n) is 11.5. The van der Waals surface area contributed by atoms with Crippen LogP contribution in [0.1, 0.15) is 22.4 Å². The third-order valence-electron chi connectivity index (χ3n) is 6.36. The van der Waals surface area contributed by atoms with Crippen molar-refractivity contribution in [2.24, 2.45) is 10.7 Å². The molecule has 0 atom stereocenters. The van der Waals surface area contributed by atoms with Gasteiger partial charge in [-0.2, -0.15) is 0 Å². The van der Waals surface area contributed by atoms with E-state index in [4.69, 9.17) is 5.73 Å². The van der Waals surface area contributed by atoms with Gasteiger partial charge in [0.05, 0.1) is 16.1 Å². The number of nitrogens with zero attached hydrogens (tertiary/aromatic N) is 1. The highest BCUT2D eigenvalue weighted by Gasteiger charge is 2.23. The number of aromatic amines is 1. The Balaban J connectivity index is 1.40. The summed E-state index contributed by atoms with van der Waals surface area (Å²) in [7, 11) is 0. The number of H-pyrrole nitrogens is 1. The highest BCUT2D eigenvalue weighted by molar-refractivity contribution is 8.13. The Hall–Kier alpha value is -3.77. The van der Waals surface area contributed by atoms with Crippen molar-refractivity contribution >= 4 is 44.1 Å². The lowest BCUT2D eigenvalue weighted by Crippen LogP contribution is -2.25. The zero-order valence-corrected chi connectivity index (χ0v) is 20.6. The Bertz CT molecular complexity index is 1550. The molecular formula is C29H27FN4S. The van der Waals surface area contributed by atoms with Gasteiger partial charge >= 0.3 is 0 Å². The van der Waals surface area contributed by atoms with Gasteiger partial charge in [-0.05, 0) is 59.9 Å². The van der Waals surface area contributed by atoms with Gasteiger partial charge in [-0.3, -0.25) is 4.99 Å². The minimum absolute atomic E-state index is 0.228. The average molecular weight is 483 g/mol. The number of hydrogen-bond donors (Lipinski definition) is 3. The molecule has 0 unspecified atom stereocenters. The van der Waals surface area contributed by atoms with Crippen LogP contribution in [0.15, 0.2) is 89.2 Å². The second-order valence-corrected chi connectivity index (χ2v) is 9.65. The summed E-state index contributed by atoms with van der Waals surface area (Å²) in [6, 6.07) is 18.0. The molecule has 6 heteroatoms. The first-order chi connectivity index (χ1) is 17.0. The van der Waals surface area contributed by atoms with Gasteiger partial charge in [0, 0.05) is 28.7 Å². The van der Waals surface area contributed by atoms with Crippen molar-refractivity contribution < 1.29 is 4.39 Å². The van der Waals surface area contributed by atoms with Crippen LogP contribution in [0.3, 0.4) is 0 Å². The zero-order chi connectivity index (χ0) is 24.5. The van der Waals surface area contributed by atoms with Crippen molar-refractivity contribution in [2.75, 3.05) is 6.54 Å². The number of halogens is 1. The average Bonchev–Trinajstić information content (AvgIpc) is 3.43. The third kappa shape index (κ3) is 4.26. The number of allylic oxidation sites excluding steroid dienone is 2. The summed E-state index contributed by atoms with van der Waals surface area (Å²) < 4.78 is 14.3. The molecule has 35 heavy (non-hydrogen) atoms. The molecule has 0 radical (unpaired) electrons. The molecule has 2 heterocycles. The van der Waals surface area contributed by atoms with Crippen LogP contribution in [-0.4, -0.2) is 17.2 Å². The number of aromatic nitrogens is 1. The van der Waals surface area contributed by atoms with Crippen molar-refractivity contribution in [3.8, 4) is 0 Å². The minimum Gasteiger partial charge on any atom is -0.385 e. The van der Waals surface area contributed by atoms with E-state index >= 15 is 0 Å². The van der Waals surface area contributed by atoms with E-state index in [2.05, 4.69) is 64.3 Å². The van der Waals surface area contributed by atoms with E-state index in [9.17, 15) is 4.39 Å². The van der Waals surface area contributed by atoms with E-state index in [0.29, 0.717) is 24.3 Å². The molecule has 0 fully saturated rings. The molecule has 1 aromatic heterocycles. The normalized spacial score (nSPS) is 16.2. The number of fused-ring (bicyclic) bond motifs is 2. The molecule has 4 aromatic rings. The lowest BCUT2D eigenvalue weighted by Gasteiger charge is -2.11. The molecule has 4 nitrogen and oxygen atoms in total. The topological polar surface area (TPSA) is 66.2 Å². The van der Waals surface area contributed by atoms with Crippen LogP contribution in [0.4, 0.5) is 4.39 Å². The van der Waals surface area contributed by atoms with Gasteiger partial charge < -0.3 is 16.0 Å². The van der Waals surface area contributed by atoms with Crippen LogP contribution in [0.25, 0.3) is 26.6 Å². The molecular weight excluding hydrogens is 455 g/mol. The fourth-order valence-corrected chi connectivity index (χ4v) is 5.78. The van der Waals surface area contributed by atoms with Crippen LogP contribution in [-0.2, 0) is 6.42 Å². The highest BCUT2D eigenvalue weighted by atomic mass is 32.2. The maximum absolute atomic E-state index is 14.3. The molecule has 0 aliphatic carbocycles. The van der Waals surface area contributed by atoms with Crippen molar-refractivity contribution in [2.45, 2.75) is 20.3 Å². The Morgan fingerprint density at radius 2 is 1.94 bits per heavy atom. The first-order valence-corrected chi connectivity index (χ1v) is 12.4. The van der Waals surface area contributed by atoms with Gasteiger partial charge in [-0.15, -0.1) is 0 Å². The summed E-state index contributed by atoms with van der Waals surface area (Å²) >= 11 is 1.61. The number of aliphatic imine (C=N–C) groups is 1. The van der Waals surface area contributed by atoms with Gasteiger partial charge in [0.15, 0.2) is 0 Å². The second-order valence-electron chi connectivity index (χ2n) is 8.60. The summed E-state index contributed by atoms with van der Waals surface area (Å²) in [6.45, 7) is 8.38. The second kappa shape index (κ2) is 9.47. The lowest BCUT2D eigenvalue weighted by atomic mass is 10.0. The van der Waals surface area contributed by atoms with Crippen molar-refractivity contribution in [1.29, 1.82) is 0 Å². The number of rotatable bonds is 6. The number of nitrogens with one attached hydrogen (secondary N) is 2. The molecule has 0 saturated heterocycles. The molecule has 1 aliphatic rings. The van der Waals surface area contributed by atoms with Gasteiger partial charge in [-0.1, -0.05) is 66.9 Å². The summed E-state index contributed by atoms with van der Waals surface area (Å²) in [4.78, 5) is 9.66. The van der Waals surface area contributed by atoms with Crippen LogP contribution < -0.4 is 11.1 Å². The maximum atomic E-state index is 14.3. The van der Waals surface area contributed by atoms with Gasteiger partial charge in [-0.25, -0.2) is 4.39 Å². The predicted molar refractivity (Wildman–Crippen MR) is 148 cm³/mol. The van der Waals surface area contributed by atoms with Crippen molar-refractivity contribution in [1.82, 2.24) is 10.3 Å². The van der Waals surface area contributed by atoms with Crippen molar-refractivity contribution in [3.63, 3.8) is 0 Å². The quantitative estimate of drug-likeness (QED) is 0.286. The molecule has 0 bridgehead atoms. The van der Waals surface area contributed by atoms with Crippen LogP contribution >= 0.6 is 11.8 Å². The molecule has 1 aliphatic heterocycles.